The number of hydrogen-bond acceptors (Lipinski definition) is 0. The van der Waals surface area contributed by atoms with E-state index < -0.39 is 0 Å². The van der Waals surface area contributed by atoms with Crippen LogP contribution in [0.5, 0.6) is 0 Å². The summed E-state index contributed by atoms with van der Waals surface area (Å²) in [7, 11) is 0. The van der Waals surface area contributed by atoms with Crippen molar-refractivity contribution in [1.29, 1.82) is 0 Å². The number of nitrogens with zero attached hydrogens (tertiary/aromatic N) is 1. The SMILES string of the molecule is [Br-].c1ccc(CCCCC[n+]2ccccc2)cc1. The molecule has 0 atom stereocenters. The number of rotatable bonds is 6. The fourth-order valence-electron chi connectivity index (χ4n) is 2.03. The molecule has 96 valence electrons. The first-order valence-corrected chi connectivity index (χ1v) is 6.43. The third-order valence-corrected chi connectivity index (χ3v) is 3.00. The zero-order chi connectivity index (χ0) is 11.8. The number of pyridine rings is 1. The number of halogens is 1. The summed E-state index contributed by atoms with van der Waals surface area (Å²) in [5, 5.41) is 0. The molecule has 0 aliphatic carbocycles. The maximum atomic E-state index is 2.25. The number of hydrogen-bond donors (Lipinski definition) is 0. The smallest absolute Gasteiger partial charge is 0.168 e. The van der Waals surface area contributed by atoms with Crippen LogP contribution in [0.4, 0.5) is 0 Å². The molecule has 0 unspecified atom stereocenters. The largest absolute Gasteiger partial charge is 1.00 e. The molecule has 0 spiro atoms. The van der Waals surface area contributed by atoms with Gasteiger partial charge >= 0.3 is 0 Å². The Labute approximate surface area is 120 Å². The van der Waals surface area contributed by atoms with E-state index in [1.807, 2.05) is 0 Å². The van der Waals surface area contributed by atoms with Gasteiger partial charge in [-0.15, -0.1) is 0 Å². The third-order valence-electron chi connectivity index (χ3n) is 3.00. The second-order valence-corrected chi connectivity index (χ2v) is 4.41. The molecule has 0 amide bonds. The van der Waals surface area contributed by atoms with E-state index in [0.717, 1.165) is 6.54 Å². The van der Waals surface area contributed by atoms with Gasteiger partial charge in [0, 0.05) is 18.6 Å². The van der Waals surface area contributed by atoms with Gasteiger partial charge in [-0.1, -0.05) is 36.4 Å². The first-order valence-electron chi connectivity index (χ1n) is 6.43. The summed E-state index contributed by atoms with van der Waals surface area (Å²) in [6, 6.07) is 17.0. The van der Waals surface area contributed by atoms with E-state index in [4.69, 9.17) is 0 Å². The Balaban J connectivity index is 0.00000162. The Morgan fingerprint density at radius 3 is 2.11 bits per heavy atom. The van der Waals surface area contributed by atoms with Gasteiger partial charge in [0.2, 0.25) is 0 Å². The monoisotopic (exact) mass is 305 g/mol. The van der Waals surface area contributed by atoms with Crippen molar-refractivity contribution in [3.8, 4) is 0 Å². The van der Waals surface area contributed by atoms with Crippen molar-refractivity contribution in [3.63, 3.8) is 0 Å². The van der Waals surface area contributed by atoms with Crippen LogP contribution in [0.2, 0.25) is 0 Å². The fraction of sp³-hybridized carbons (Fsp3) is 0.312. The van der Waals surface area contributed by atoms with Gasteiger partial charge in [0.25, 0.3) is 0 Å². The van der Waals surface area contributed by atoms with Gasteiger partial charge in [-0.05, 0) is 24.8 Å². The van der Waals surface area contributed by atoms with E-state index in [2.05, 4.69) is 65.5 Å². The molecular weight excluding hydrogens is 286 g/mol. The summed E-state index contributed by atoms with van der Waals surface area (Å²) in [6.07, 6.45) is 9.34. The van der Waals surface area contributed by atoms with Crippen LogP contribution in [0.15, 0.2) is 60.9 Å². The van der Waals surface area contributed by atoms with E-state index in [0.29, 0.717) is 0 Å². The highest BCUT2D eigenvalue weighted by Crippen LogP contribution is 2.05. The Morgan fingerprint density at radius 2 is 1.39 bits per heavy atom. The van der Waals surface area contributed by atoms with E-state index in [-0.39, 0.29) is 17.0 Å². The maximum absolute atomic E-state index is 2.25. The first kappa shape index (κ1) is 14.9. The Bertz CT molecular complexity index is 372. The van der Waals surface area contributed by atoms with E-state index in [1.165, 1.54) is 31.2 Å². The van der Waals surface area contributed by atoms with Crippen molar-refractivity contribution >= 4 is 0 Å². The van der Waals surface area contributed by atoms with Crippen LogP contribution in [0, 0.1) is 0 Å². The second-order valence-electron chi connectivity index (χ2n) is 4.41. The quantitative estimate of drug-likeness (QED) is 0.537. The average Bonchev–Trinajstić information content (AvgIpc) is 2.41. The van der Waals surface area contributed by atoms with Crippen molar-refractivity contribution in [2.75, 3.05) is 0 Å². The minimum Gasteiger partial charge on any atom is -1.00 e. The van der Waals surface area contributed by atoms with Gasteiger partial charge in [-0.25, -0.2) is 4.57 Å². The van der Waals surface area contributed by atoms with Crippen molar-refractivity contribution in [3.05, 3.63) is 66.5 Å². The molecule has 1 aromatic carbocycles. The van der Waals surface area contributed by atoms with Gasteiger partial charge in [0.1, 0.15) is 6.54 Å². The van der Waals surface area contributed by atoms with Crippen LogP contribution in [0.1, 0.15) is 24.8 Å². The maximum Gasteiger partial charge on any atom is 0.168 e. The Morgan fingerprint density at radius 1 is 0.722 bits per heavy atom. The molecule has 1 nitrogen and oxygen atoms in total. The van der Waals surface area contributed by atoms with Gasteiger partial charge in [-0.2, -0.15) is 0 Å². The van der Waals surface area contributed by atoms with Crippen LogP contribution >= 0.6 is 0 Å². The van der Waals surface area contributed by atoms with Gasteiger partial charge in [-0.3, -0.25) is 0 Å². The number of aromatic nitrogens is 1. The van der Waals surface area contributed by atoms with E-state index >= 15 is 0 Å². The normalized spacial score (nSPS) is 9.78. The predicted molar refractivity (Wildman–Crippen MR) is 70.6 cm³/mol. The highest BCUT2D eigenvalue weighted by atomic mass is 79.9. The summed E-state index contributed by atoms with van der Waals surface area (Å²) >= 11 is 0. The molecule has 1 aromatic heterocycles. The van der Waals surface area contributed by atoms with Crippen molar-refractivity contribution in [2.45, 2.75) is 32.2 Å². The lowest BCUT2D eigenvalue weighted by atomic mass is 10.1. The van der Waals surface area contributed by atoms with Crippen LogP contribution < -0.4 is 21.5 Å². The van der Waals surface area contributed by atoms with Crippen LogP contribution in [-0.2, 0) is 13.0 Å². The van der Waals surface area contributed by atoms with Crippen molar-refractivity contribution in [2.24, 2.45) is 0 Å². The molecule has 0 N–H and O–H groups in total. The second kappa shape index (κ2) is 8.87. The molecule has 18 heavy (non-hydrogen) atoms. The molecule has 1 heterocycles. The predicted octanol–water partition coefficient (Wildman–Crippen LogP) is 0.391. The minimum atomic E-state index is 0. The molecule has 2 rings (SSSR count). The van der Waals surface area contributed by atoms with Crippen LogP contribution in [0.25, 0.3) is 0 Å². The minimum absolute atomic E-state index is 0. The third kappa shape index (κ3) is 5.46. The Hall–Kier alpha value is -1.15. The van der Waals surface area contributed by atoms with Crippen LogP contribution in [0.3, 0.4) is 0 Å². The molecular formula is C16H20BrN. The molecule has 0 saturated carbocycles. The van der Waals surface area contributed by atoms with Crippen LogP contribution in [-0.4, -0.2) is 0 Å². The number of benzene rings is 1. The molecule has 0 aliphatic rings. The Kier molecular flexibility index (Phi) is 7.35. The average molecular weight is 306 g/mol. The summed E-state index contributed by atoms with van der Waals surface area (Å²) in [4.78, 5) is 0. The standard InChI is InChI=1S/C16H20N.BrH/c1-4-10-16(11-5-1)12-6-2-7-13-17-14-8-3-9-15-17;/h1,3-5,8-11,14-15H,2,6-7,12-13H2;1H/q+1;/p-1. The summed E-state index contributed by atoms with van der Waals surface area (Å²) in [6.45, 7) is 1.13. The molecule has 0 fully saturated rings. The molecule has 0 saturated heterocycles. The van der Waals surface area contributed by atoms with Gasteiger partial charge < -0.3 is 17.0 Å². The van der Waals surface area contributed by atoms with Crippen molar-refractivity contribution in [1.82, 2.24) is 0 Å². The highest BCUT2D eigenvalue weighted by molar-refractivity contribution is 5.14. The van der Waals surface area contributed by atoms with Gasteiger partial charge in [0.05, 0.1) is 0 Å². The lowest BCUT2D eigenvalue weighted by Crippen LogP contribution is -3.00. The summed E-state index contributed by atoms with van der Waals surface area (Å²) < 4.78 is 2.25. The molecule has 0 aliphatic heterocycles. The zero-order valence-corrected chi connectivity index (χ0v) is 12.2. The van der Waals surface area contributed by atoms with Crippen molar-refractivity contribution < 1.29 is 21.5 Å². The number of unbranched alkanes of at least 4 members (excludes halogenated alkanes) is 2. The zero-order valence-electron chi connectivity index (χ0n) is 10.6. The molecule has 2 aromatic rings. The topological polar surface area (TPSA) is 3.88 Å². The lowest BCUT2D eigenvalue weighted by molar-refractivity contribution is -0.697. The summed E-state index contributed by atoms with van der Waals surface area (Å²) in [5.74, 6) is 0. The number of aryl methyl sites for hydroxylation is 2. The fourth-order valence-corrected chi connectivity index (χ4v) is 2.03. The molecule has 2 heteroatoms. The lowest BCUT2D eigenvalue weighted by Gasteiger charge is -2.00. The van der Waals surface area contributed by atoms with Gasteiger partial charge in [0.15, 0.2) is 12.4 Å². The van der Waals surface area contributed by atoms with E-state index in [9.17, 15) is 0 Å². The molecule has 0 radical (unpaired) electrons. The van der Waals surface area contributed by atoms with E-state index in [1.54, 1.807) is 0 Å². The molecule has 0 bridgehead atoms. The first-order chi connectivity index (χ1) is 8.45. The highest BCUT2D eigenvalue weighted by Gasteiger charge is 1.98. The summed E-state index contributed by atoms with van der Waals surface area (Å²) in [5.41, 5.74) is 1.46.